The van der Waals surface area contributed by atoms with Crippen LogP contribution in [-0.2, 0) is 0 Å². The molecule has 0 amide bonds. The van der Waals surface area contributed by atoms with Crippen molar-refractivity contribution in [3.05, 3.63) is 29.3 Å². The number of hydrogen-bond acceptors (Lipinski definition) is 2. The number of rotatable bonds is 2. The summed E-state index contributed by atoms with van der Waals surface area (Å²) >= 11 is 0. The van der Waals surface area contributed by atoms with E-state index in [-0.39, 0.29) is 22.9 Å². The lowest BCUT2D eigenvalue weighted by Crippen LogP contribution is -2.20. The highest BCUT2D eigenvalue weighted by Crippen LogP contribution is 2.29. The molecule has 0 aromatic heterocycles. The first kappa shape index (κ1) is 12.8. The SMILES string of the molecule is CC(C)c1cc(C(=O)C(C)(C)C)ccc1O. The van der Waals surface area contributed by atoms with Crippen molar-refractivity contribution in [2.75, 3.05) is 0 Å². The van der Waals surface area contributed by atoms with E-state index in [9.17, 15) is 9.90 Å². The molecule has 2 nitrogen and oxygen atoms in total. The molecule has 0 aliphatic carbocycles. The minimum atomic E-state index is -0.384. The molecule has 0 aliphatic rings. The van der Waals surface area contributed by atoms with Crippen molar-refractivity contribution in [3.8, 4) is 5.75 Å². The summed E-state index contributed by atoms with van der Waals surface area (Å²) in [6, 6.07) is 5.09. The third-order valence-corrected chi connectivity index (χ3v) is 2.59. The Labute approximate surface area is 97.3 Å². The Bertz CT molecular complexity index is 398. The van der Waals surface area contributed by atoms with E-state index in [0.29, 0.717) is 5.56 Å². The largest absolute Gasteiger partial charge is 0.508 e. The van der Waals surface area contributed by atoms with Crippen LogP contribution in [0.4, 0.5) is 0 Å². The van der Waals surface area contributed by atoms with E-state index in [0.717, 1.165) is 5.56 Å². The van der Waals surface area contributed by atoms with Gasteiger partial charge in [-0.1, -0.05) is 34.6 Å². The van der Waals surface area contributed by atoms with Gasteiger partial charge < -0.3 is 5.11 Å². The molecular formula is C14H20O2. The fourth-order valence-corrected chi connectivity index (χ4v) is 1.59. The van der Waals surface area contributed by atoms with E-state index in [1.165, 1.54) is 0 Å². The van der Waals surface area contributed by atoms with Gasteiger partial charge in [0.2, 0.25) is 0 Å². The zero-order valence-corrected chi connectivity index (χ0v) is 10.7. The molecule has 88 valence electrons. The molecular weight excluding hydrogens is 200 g/mol. The Hall–Kier alpha value is -1.31. The highest BCUT2D eigenvalue weighted by molar-refractivity contribution is 6.00. The van der Waals surface area contributed by atoms with Crippen LogP contribution in [0.15, 0.2) is 18.2 Å². The van der Waals surface area contributed by atoms with Crippen molar-refractivity contribution in [1.29, 1.82) is 0 Å². The lowest BCUT2D eigenvalue weighted by atomic mass is 9.85. The molecule has 1 N–H and O–H groups in total. The van der Waals surface area contributed by atoms with Crippen LogP contribution in [0.5, 0.6) is 5.75 Å². The third-order valence-electron chi connectivity index (χ3n) is 2.59. The van der Waals surface area contributed by atoms with Crippen LogP contribution in [0.1, 0.15) is 56.5 Å². The van der Waals surface area contributed by atoms with E-state index in [2.05, 4.69) is 0 Å². The number of phenols is 1. The van der Waals surface area contributed by atoms with Crippen LogP contribution in [0, 0.1) is 5.41 Å². The predicted octanol–water partition coefficient (Wildman–Crippen LogP) is 3.74. The summed E-state index contributed by atoms with van der Waals surface area (Å²) in [6.07, 6.45) is 0. The third kappa shape index (κ3) is 2.63. The van der Waals surface area contributed by atoms with Crippen molar-refractivity contribution < 1.29 is 9.90 Å². The van der Waals surface area contributed by atoms with E-state index >= 15 is 0 Å². The van der Waals surface area contributed by atoms with Crippen LogP contribution >= 0.6 is 0 Å². The number of benzene rings is 1. The number of hydrogen-bond donors (Lipinski definition) is 1. The minimum absolute atomic E-state index is 0.106. The van der Waals surface area contributed by atoms with E-state index in [1.54, 1.807) is 18.2 Å². The predicted molar refractivity (Wildman–Crippen MR) is 66.0 cm³/mol. The first-order valence-electron chi connectivity index (χ1n) is 5.61. The Morgan fingerprint density at radius 2 is 1.81 bits per heavy atom. The molecule has 2 heteroatoms. The van der Waals surface area contributed by atoms with E-state index < -0.39 is 0 Å². The highest BCUT2D eigenvalue weighted by Gasteiger charge is 2.23. The lowest BCUT2D eigenvalue weighted by molar-refractivity contribution is 0.0858. The summed E-state index contributed by atoms with van der Waals surface area (Å²) in [7, 11) is 0. The molecule has 0 spiro atoms. The summed E-state index contributed by atoms with van der Waals surface area (Å²) in [6.45, 7) is 9.70. The maximum absolute atomic E-state index is 12.1. The zero-order chi connectivity index (χ0) is 12.5. The molecule has 0 aliphatic heterocycles. The number of ketones is 1. The molecule has 0 atom stereocenters. The van der Waals surface area contributed by atoms with Gasteiger partial charge in [-0.15, -0.1) is 0 Å². The standard InChI is InChI=1S/C14H20O2/c1-9(2)11-8-10(6-7-12(11)15)13(16)14(3,4)5/h6-9,15H,1-5H3. The molecule has 0 heterocycles. The zero-order valence-electron chi connectivity index (χ0n) is 10.7. The van der Waals surface area contributed by atoms with Crippen molar-refractivity contribution in [2.45, 2.75) is 40.5 Å². The van der Waals surface area contributed by atoms with Crippen LogP contribution in [0.25, 0.3) is 0 Å². The van der Waals surface area contributed by atoms with Gasteiger partial charge in [-0.25, -0.2) is 0 Å². The van der Waals surface area contributed by atoms with E-state index in [4.69, 9.17) is 0 Å². The smallest absolute Gasteiger partial charge is 0.168 e. The molecule has 1 aromatic rings. The molecule has 16 heavy (non-hydrogen) atoms. The van der Waals surface area contributed by atoms with Crippen LogP contribution < -0.4 is 0 Å². The molecule has 0 saturated heterocycles. The fraction of sp³-hybridized carbons (Fsp3) is 0.500. The Morgan fingerprint density at radius 1 is 1.25 bits per heavy atom. The van der Waals surface area contributed by atoms with Crippen molar-refractivity contribution in [3.63, 3.8) is 0 Å². The quantitative estimate of drug-likeness (QED) is 0.771. The van der Waals surface area contributed by atoms with Crippen LogP contribution in [0.2, 0.25) is 0 Å². The molecule has 1 rings (SSSR count). The number of phenolic OH excluding ortho intramolecular Hbond substituents is 1. The summed E-state index contributed by atoms with van der Waals surface area (Å²) < 4.78 is 0. The van der Waals surface area contributed by atoms with Gasteiger partial charge >= 0.3 is 0 Å². The number of carbonyl (C=O) groups is 1. The monoisotopic (exact) mass is 220 g/mol. The first-order valence-corrected chi connectivity index (χ1v) is 5.61. The number of carbonyl (C=O) groups excluding carboxylic acids is 1. The lowest BCUT2D eigenvalue weighted by Gasteiger charge is -2.18. The van der Waals surface area contributed by atoms with Crippen LogP contribution in [0.3, 0.4) is 0 Å². The first-order chi connectivity index (χ1) is 7.23. The topological polar surface area (TPSA) is 37.3 Å². The van der Waals surface area contributed by atoms with Gasteiger partial charge in [0.25, 0.3) is 0 Å². The Kier molecular flexibility index (Phi) is 3.41. The molecule has 0 bridgehead atoms. The van der Waals surface area contributed by atoms with Crippen LogP contribution in [-0.4, -0.2) is 10.9 Å². The molecule has 0 fully saturated rings. The molecule has 0 unspecified atom stereocenters. The molecule has 1 aromatic carbocycles. The van der Waals surface area contributed by atoms with Gasteiger partial charge in [-0.2, -0.15) is 0 Å². The maximum Gasteiger partial charge on any atom is 0.168 e. The second-order valence-corrected chi connectivity index (χ2v) is 5.51. The average molecular weight is 220 g/mol. The van der Waals surface area contributed by atoms with Gasteiger partial charge in [0.05, 0.1) is 0 Å². The fourth-order valence-electron chi connectivity index (χ4n) is 1.59. The minimum Gasteiger partial charge on any atom is -0.508 e. The van der Waals surface area contributed by atoms with Gasteiger partial charge in [0.15, 0.2) is 5.78 Å². The second kappa shape index (κ2) is 4.28. The Morgan fingerprint density at radius 3 is 2.25 bits per heavy atom. The average Bonchev–Trinajstić information content (AvgIpc) is 2.15. The molecule has 0 radical (unpaired) electrons. The number of aromatic hydroxyl groups is 1. The summed E-state index contributed by atoms with van der Waals surface area (Å²) in [5.41, 5.74) is 1.12. The van der Waals surface area contributed by atoms with Crippen molar-refractivity contribution in [2.24, 2.45) is 5.41 Å². The molecule has 0 saturated carbocycles. The second-order valence-electron chi connectivity index (χ2n) is 5.51. The van der Waals surface area contributed by atoms with Gasteiger partial charge in [0, 0.05) is 11.0 Å². The summed E-state index contributed by atoms with van der Waals surface area (Å²) in [5, 5.41) is 9.68. The number of Topliss-reactive ketones (excluding diaryl/α,β-unsaturated/α-hetero) is 1. The normalized spacial score (nSPS) is 11.9. The van der Waals surface area contributed by atoms with Crippen molar-refractivity contribution in [1.82, 2.24) is 0 Å². The van der Waals surface area contributed by atoms with Gasteiger partial charge in [-0.05, 0) is 29.7 Å². The Balaban J connectivity index is 3.18. The summed E-state index contributed by atoms with van der Waals surface area (Å²) in [5.74, 6) is 0.586. The van der Waals surface area contributed by atoms with Gasteiger partial charge in [-0.3, -0.25) is 4.79 Å². The summed E-state index contributed by atoms with van der Waals surface area (Å²) in [4.78, 5) is 12.1. The highest BCUT2D eigenvalue weighted by atomic mass is 16.3. The maximum atomic E-state index is 12.1. The van der Waals surface area contributed by atoms with Crippen molar-refractivity contribution >= 4 is 5.78 Å². The van der Waals surface area contributed by atoms with Gasteiger partial charge in [0.1, 0.15) is 5.75 Å². The van der Waals surface area contributed by atoms with E-state index in [1.807, 2.05) is 34.6 Å².